The van der Waals surface area contributed by atoms with Crippen LogP contribution in [0.1, 0.15) is 39.1 Å². The summed E-state index contributed by atoms with van der Waals surface area (Å²) in [6.45, 7) is 2.94. The highest BCUT2D eigenvalue weighted by Crippen LogP contribution is 2.30. The summed E-state index contributed by atoms with van der Waals surface area (Å²) in [5.41, 5.74) is 2.11. The van der Waals surface area contributed by atoms with Crippen LogP contribution in [0.3, 0.4) is 0 Å². The van der Waals surface area contributed by atoms with Gasteiger partial charge in [-0.2, -0.15) is 0 Å². The van der Waals surface area contributed by atoms with Crippen LogP contribution in [0.5, 0.6) is 5.75 Å². The van der Waals surface area contributed by atoms with Crippen molar-refractivity contribution in [3.8, 4) is 5.75 Å². The second-order valence-electron chi connectivity index (χ2n) is 7.54. The number of aryl methyl sites for hydroxylation is 1. The summed E-state index contributed by atoms with van der Waals surface area (Å²) in [5, 5.41) is 4.40. The first-order valence-electron chi connectivity index (χ1n) is 10.4. The summed E-state index contributed by atoms with van der Waals surface area (Å²) >= 11 is 0. The van der Waals surface area contributed by atoms with E-state index in [1.807, 2.05) is 55.5 Å². The Morgan fingerprint density at radius 2 is 1.61 bits per heavy atom. The van der Waals surface area contributed by atoms with E-state index in [1.165, 1.54) is 4.90 Å². The number of benzene rings is 3. The molecule has 3 amide bonds. The molecule has 0 radical (unpaired) electrons. The summed E-state index contributed by atoms with van der Waals surface area (Å²) in [4.78, 5) is 39.1. The highest BCUT2D eigenvalue weighted by atomic mass is 16.5. The van der Waals surface area contributed by atoms with Crippen molar-refractivity contribution in [3.05, 3.63) is 77.4 Å². The Kier molecular flexibility index (Phi) is 5.98. The number of hydrogen-bond acceptors (Lipinski definition) is 4. The molecule has 0 aliphatic carbocycles. The van der Waals surface area contributed by atoms with E-state index < -0.39 is 0 Å². The number of nitrogens with one attached hydrogen (secondary N) is 1. The summed E-state index contributed by atoms with van der Waals surface area (Å²) in [6.07, 6.45) is 0.632. The highest BCUT2D eigenvalue weighted by Gasteiger charge is 2.32. The zero-order chi connectivity index (χ0) is 21.8. The average molecular weight is 416 g/mol. The molecule has 0 aromatic heterocycles. The topological polar surface area (TPSA) is 75.7 Å². The Morgan fingerprint density at radius 1 is 0.935 bits per heavy atom. The Labute approximate surface area is 180 Å². The molecule has 4 rings (SSSR count). The maximum atomic E-state index is 12.9. The standard InChI is InChI=1S/C25H24N2O4/c1-17-7-2-3-12-21(17)31-16-14-26-22(28)13-6-15-27-24(29)19-10-4-8-18-9-5-11-20(23(18)19)25(27)30/h2-5,7-12H,6,13-16H2,1H3,(H,26,28). The smallest absolute Gasteiger partial charge is 0.261 e. The lowest BCUT2D eigenvalue weighted by molar-refractivity contribution is -0.121. The average Bonchev–Trinajstić information content (AvgIpc) is 2.78. The van der Waals surface area contributed by atoms with E-state index >= 15 is 0 Å². The van der Waals surface area contributed by atoms with Crippen molar-refractivity contribution >= 4 is 28.5 Å². The van der Waals surface area contributed by atoms with E-state index in [-0.39, 0.29) is 30.7 Å². The van der Waals surface area contributed by atoms with Gasteiger partial charge in [0.1, 0.15) is 12.4 Å². The minimum Gasteiger partial charge on any atom is -0.491 e. The van der Waals surface area contributed by atoms with Crippen LogP contribution >= 0.6 is 0 Å². The quantitative estimate of drug-likeness (QED) is 0.449. The highest BCUT2D eigenvalue weighted by molar-refractivity contribution is 6.25. The van der Waals surface area contributed by atoms with Crippen molar-refractivity contribution in [1.82, 2.24) is 10.2 Å². The van der Waals surface area contributed by atoms with E-state index in [9.17, 15) is 14.4 Å². The molecule has 0 spiro atoms. The van der Waals surface area contributed by atoms with Crippen molar-refractivity contribution < 1.29 is 19.1 Å². The van der Waals surface area contributed by atoms with Gasteiger partial charge in [0.2, 0.25) is 5.91 Å². The zero-order valence-electron chi connectivity index (χ0n) is 17.4. The lowest BCUT2D eigenvalue weighted by atomic mass is 9.94. The van der Waals surface area contributed by atoms with Crippen LogP contribution in [0, 0.1) is 6.92 Å². The van der Waals surface area contributed by atoms with Gasteiger partial charge in [-0.25, -0.2) is 0 Å². The van der Waals surface area contributed by atoms with Gasteiger partial charge in [-0.3, -0.25) is 19.3 Å². The van der Waals surface area contributed by atoms with Crippen LogP contribution in [-0.2, 0) is 4.79 Å². The maximum absolute atomic E-state index is 12.9. The molecular weight excluding hydrogens is 392 g/mol. The second-order valence-corrected chi connectivity index (χ2v) is 7.54. The molecule has 0 saturated heterocycles. The Balaban J connectivity index is 1.27. The number of hydrogen-bond donors (Lipinski definition) is 1. The molecule has 31 heavy (non-hydrogen) atoms. The van der Waals surface area contributed by atoms with E-state index in [2.05, 4.69) is 5.32 Å². The first-order valence-corrected chi connectivity index (χ1v) is 10.4. The van der Waals surface area contributed by atoms with Crippen molar-refractivity contribution in [3.63, 3.8) is 0 Å². The second kappa shape index (κ2) is 9.00. The minimum atomic E-state index is -0.304. The fraction of sp³-hybridized carbons (Fsp3) is 0.240. The number of amides is 3. The van der Waals surface area contributed by atoms with E-state index in [4.69, 9.17) is 4.74 Å². The lowest BCUT2D eigenvalue weighted by Gasteiger charge is -2.27. The molecular formula is C25H24N2O4. The van der Waals surface area contributed by atoms with Gasteiger partial charge in [0.05, 0.1) is 6.54 Å². The molecule has 0 fully saturated rings. The SMILES string of the molecule is Cc1ccccc1OCCNC(=O)CCCN1C(=O)c2cccc3cccc(c23)C1=O. The third-order valence-corrected chi connectivity index (χ3v) is 5.42. The third kappa shape index (κ3) is 4.28. The first-order chi connectivity index (χ1) is 15.1. The molecule has 1 N–H and O–H groups in total. The largest absolute Gasteiger partial charge is 0.491 e. The number of nitrogens with zero attached hydrogens (tertiary/aromatic N) is 1. The predicted molar refractivity (Wildman–Crippen MR) is 118 cm³/mol. The molecule has 158 valence electrons. The van der Waals surface area contributed by atoms with Crippen LogP contribution < -0.4 is 10.1 Å². The number of para-hydroxylation sites is 1. The summed E-state index contributed by atoms with van der Waals surface area (Å²) in [7, 11) is 0. The molecule has 0 unspecified atom stereocenters. The molecule has 0 bridgehead atoms. The number of ether oxygens (including phenoxy) is 1. The van der Waals surface area contributed by atoms with E-state index in [0.717, 1.165) is 16.7 Å². The van der Waals surface area contributed by atoms with Crippen molar-refractivity contribution in [1.29, 1.82) is 0 Å². The van der Waals surface area contributed by atoms with Gasteiger partial charge in [0.25, 0.3) is 11.8 Å². The van der Waals surface area contributed by atoms with E-state index in [0.29, 0.717) is 36.1 Å². The van der Waals surface area contributed by atoms with E-state index in [1.54, 1.807) is 12.1 Å². The molecule has 1 aliphatic heterocycles. The molecule has 1 heterocycles. The summed E-state index contributed by atoms with van der Waals surface area (Å²) in [5.74, 6) is 0.0599. The summed E-state index contributed by atoms with van der Waals surface area (Å²) < 4.78 is 5.66. The molecule has 6 nitrogen and oxygen atoms in total. The van der Waals surface area contributed by atoms with Crippen LogP contribution in [0.15, 0.2) is 60.7 Å². The van der Waals surface area contributed by atoms with Gasteiger partial charge in [0, 0.05) is 29.5 Å². The van der Waals surface area contributed by atoms with Gasteiger partial charge < -0.3 is 10.1 Å². The van der Waals surface area contributed by atoms with Crippen LogP contribution in [0.2, 0.25) is 0 Å². The molecule has 0 atom stereocenters. The Morgan fingerprint density at radius 3 is 2.29 bits per heavy atom. The van der Waals surface area contributed by atoms with Crippen LogP contribution in [-0.4, -0.2) is 42.3 Å². The number of imide groups is 1. The molecule has 0 saturated carbocycles. The number of carbonyl (C=O) groups excluding carboxylic acids is 3. The van der Waals surface area contributed by atoms with Gasteiger partial charge in [-0.1, -0.05) is 42.5 Å². The predicted octanol–water partition coefficient (Wildman–Crippen LogP) is 3.72. The number of carbonyl (C=O) groups is 3. The zero-order valence-corrected chi connectivity index (χ0v) is 17.4. The first kappa shape index (κ1) is 20.6. The third-order valence-electron chi connectivity index (χ3n) is 5.42. The molecule has 3 aromatic rings. The summed E-state index contributed by atoms with van der Waals surface area (Å²) in [6, 6.07) is 18.6. The Hall–Kier alpha value is -3.67. The van der Waals surface area contributed by atoms with Gasteiger partial charge in [-0.15, -0.1) is 0 Å². The fourth-order valence-corrected chi connectivity index (χ4v) is 3.84. The molecule has 3 aromatic carbocycles. The van der Waals surface area contributed by atoms with Crippen LogP contribution in [0.4, 0.5) is 0 Å². The monoisotopic (exact) mass is 416 g/mol. The van der Waals surface area contributed by atoms with Gasteiger partial charge >= 0.3 is 0 Å². The van der Waals surface area contributed by atoms with Crippen molar-refractivity contribution in [2.24, 2.45) is 0 Å². The van der Waals surface area contributed by atoms with Crippen molar-refractivity contribution in [2.45, 2.75) is 19.8 Å². The van der Waals surface area contributed by atoms with Gasteiger partial charge in [0.15, 0.2) is 0 Å². The normalized spacial score (nSPS) is 12.9. The lowest BCUT2D eigenvalue weighted by Crippen LogP contribution is -2.41. The van der Waals surface area contributed by atoms with Crippen LogP contribution in [0.25, 0.3) is 10.8 Å². The molecule has 6 heteroatoms. The maximum Gasteiger partial charge on any atom is 0.261 e. The number of rotatable bonds is 8. The minimum absolute atomic E-state index is 0.132. The molecule has 1 aliphatic rings. The van der Waals surface area contributed by atoms with Gasteiger partial charge in [-0.05, 0) is 42.5 Å². The van der Waals surface area contributed by atoms with Crippen molar-refractivity contribution in [2.75, 3.05) is 19.7 Å². The Bertz CT molecular complexity index is 1100. The fourth-order valence-electron chi connectivity index (χ4n) is 3.84.